The molecule has 0 aliphatic heterocycles. The van der Waals surface area contributed by atoms with E-state index in [-0.39, 0.29) is 0 Å². The molecule has 0 aromatic carbocycles. The molecule has 0 heterocycles. The van der Waals surface area contributed by atoms with Crippen molar-refractivity contribution in [2.45, 2.75) is 77.6 Å². The summed E-state index contributed by atoms with van der Waals surface area (Å²) in [5, 5.41) is 0. The molecule has 2 saturated carbocycles. The smallest absolute Gasteiger partial charge is 0.0901 e. The molecule has 0 radical (unpaired) electrons. The lowest BCUT2D eigenvalue weighted by atomic mass is 9.76. The van der Waals surface area contributed by atoms with Crippen LogP contribution in [0.15, 0.2) is 25.0 Å². The average molecular weight is 349 g/mol. The van der Waals surface area contributed by atoms with Gasteiger partial charge in [-0.2, -0.15) is 0 Å². The van der Waals surface area contributed by atoms with Crippen molar-refractivity contribution in [2.24, 2.45) is 23.7 Å². The van der Waals surface area contributed by atoms with Gasteiger partial charge in [-0.15, -0.1) is 6.58 Å². The SMILES string of the molecule is C=CCOC[C@H]1CC[C@H](CC[C@H]2CC[C@H](COC=CCC)CC2)CC1. The van der Waals surface area contributed by atoms with Crippen molar-refractivity contribution in [1.29, 1.82) is 0 Å². The molecule has 2 heteroatoms. The molecule has 2 aliphatic carbocycles. The number of hydrogen-bond acceptors (Lipinski definition) is 2. The Kier molecular flexibility index (Phi) is 10.3. The minimum absolute atomic E-state index is 0.711. The molecule has 0 bridgehead atoms. The number of hydrogen-bond donors (Lipinski definition) is 0. The molecular weight excluding hydrogens is 308 g/mol. The summed E-state index contributed by atoms with van der Waals surface area (Å²) in [5.41, 5.74) is 0. The van der Waals surface area contributed by atoms with Gasteiger partial charge in [0.05, 0.1) is 19.5 Å². The van der Waals surface area contributed by atoms with E-state index < -0.39 is 0 Å². The molecule has 0 aromatic rings. The summed E-state index contributed by atoms with van der Waals surface area (Å²) in [7, 11) is 0. The van der Waals surface area contributed by atoms with E-state index in [1.54, 1.807) is 0 Å². The van der Waals surface area contributed by atoms with E-state index in [0.29, 0.717) is 6.61 Å². The molecule has 25 heavy (non-hydrogen) atoms. The van der Waals surface area contributed by atoms with Gasteiger partial charge >= 0.3 is 0 Å². The molecule has 0 amide bonds. The van der Waals surface area contributed by atoms with Gasteiger partial charge in [-0.05, 0) is 55.8 Å². The van der Waals surface area contributed by atoms with Gasteiger partial charge in [0.15, 0.2) is 0 Å². The average Bonchev–Trinajstić information content (AvgIpc) is 2.66. The van der Waals surface area contributed by atoms with E-state index >= 15 is 0 Å². The van der Waals surface area contributed by atoms with Crippen molar-refractivity contribution in [3.63, 3.8) is 0 Å². The van der Waals surface area contributed by atoms with Gasteiger partial charge in [0.1, 0.15) is 0 Å². The molecule has 0 atom stereocenters. The standard InChI is InChI=1S/C23H40O2/c1-3-5-17-25-19-23-14-10-21(11-15-23)7-6-20-8-12-22(13-9-20)18-24-16-4-2/h4-5,17,20-23H,2-3,6-16,18-19H2,1H3/t20-,21-,22-,23-. The van der Waals surface area contributed by atoms with Crippen LogP contribution >= 0.6 is 0 Å². The highest BCUT2D eigenvalue weighted by atomic mass is 16.5. The number of ether oxygens (including phenoxy) is 2. The Hall–Kier alpha value is -0.760. The highest BCUT2D eigenvalue weighted by Gasteiger charge is 2.25. The minimum atomic E-state index is 0.711. The van der Waals surface area contributed by atoms with Gasteiger partial charge in [-0.3, -0.25) is 0 Å². The first-order chi connectivity index (χ1) is 12.3. The van der Waals surface area contributed by atoms with Crippen molar-refractivity contribution in [3.05, 3.63) is 25.0 Å². The third-order valence-electron chi connectivity index (χ3n) is 6.27. The third-order valence-corrected chi connectivity index (χ3v) is 6.27. The maximum absolute atomic E-state index is 5.65. The van der Waals surface area contributed by atoms with Crippen LogP contribution in [0.5, 0.6) is 0 Å². The molecule has 0 unspecified atom stereocenters. The second-order valence-electron chi connectivity index (χ2n) is 8.29. The Morgan fingerprint density at radius 2 is 1.32 bits per heavy atom. The molecule has 2 rings (SSSR count). The van der Waals surface area contributed by atoms with Crippen LogP contribution in [0.4, 0.5) is 0 Å². The summed E-state index contributed by atoms with van der Waals surface area (Å²) < 4.78 is 11.3. The van der Waals surface area contributed by atoms with Crippen LogP contribution < -0.4 is 0 Å². The first kappa shape index (κ1) is 20.6. The summed E-state index contributed by atoms with van der Waals surface area (Å²) >= 11 is 0. The summed E-state index contributed by atoms with van der Waals surface area (Å²) in [6.45, 7) is 8.45. The second-order valence-corrected chi connectivity index (χ2v) is 8.29. The molecular formula is C23H40O2. The van der Waals surface area contributed by atoms with Crippen LogP contribution in [0.1, 0.15) is 77.6 Å². The minimum Gasteiger partial charge on any atom is -0.501 e. The van der Waals surface area contributed by atoms with Gasteiger partial charge in [-0.1, -0.05) is 57.6 Å². The Labute approximate surface area is 156 Å². The predicted molar refractivity (Wildman–Crippen MR) is 107 cm³/mol. The normalized spacial score (nSPS) is 30.4. The highest BCUT2D eigenvalue weighted by molar-refractivity contribution is 4.78. The van der Waals surface area contributed by atoms with Crippen molar-refractivity contribution in [1.82, 2.24) is 0 Å². The highest BCUT2D eigenvalue weighted by Crippen LogP contribution is 2.36. The number of allylic oxidation sites excluding steroid dienone is 1. The zero-order valence-corrected chi connectivity index (χ0v) is 16.5. The van der Waals surface area contributed by atoms with Gasteiger partial charge in [0.2, 0.25) is 0 Å². The second kappa shape index (κ2) is 12.6. The first-order valence-corrected chi connectivity index (χ1v) is 10.8. The molecule has 0 aromatic heterocycles. The van der Waals surface area contributed by atoms with E-state index in [2.05, 4.69) is 19.6 Å². The maximum atomic E-state index is 5.65. The van der Waals surface area contributed by atoms with E-state index in [0.717, 1.165) is 43.3 Å². The molecule has 0 N–H and O–H groups in total. The fourth-order valence-electron chi connectivity index (χ4n) is 4.52. The van der Waals surface area contributed by atoms with E-state index in [9.17, 15) is 0 Å². The Morgan fingerprint density at radius 1 is 0.800 bits per heavy atom. The third kappa shape index (κ3) is 8.44. The first-order valence-electron chi connectivity index (χ1n) is 10.8. The quantitative estimate of drug-likeness (QED) is 0.240. The molecule has 2 aliphatic rings. The van der Waals surface area contributed by atoms with Crippen molar-refractivity contribution in [3.8, 4) is 0 Å². The Bertz CT molecular complexity index is 360. The lowest BCUT2D eigenvalue weighted by Crippen LogP contribution is -2.21. The van der Waals surface area contributed by atoms with Crippen LogP contribution in [-0.2, 0) is 9.47 Å². The monoisotopic (exact) mass is 348 g/mol. The van der Waals surface area contributed by atoms with Gasteiger partial charge < -0.3 is 9.47 Å². The van der Waals surface area contributed by atoms with Crippen molar-refractivity contribution < 1.29 is 9.47 Å². The molecule has 0 saturated heterocycles. The van der Waals surface area contributed by atoms with Crippen molar-refractivity contribution >= 4 is 0 Å². The lowest BCUT2D eigenvalue weighted by molar-refractivity contribution is 0.0929. The van der Waals surface area contributed by atoms with Gasteiger partial charge in [0, 0.05) is 6.61 Å². The van der Waals surface area contributed by atoms with Crippen LogP contribution in [0, 0.1) is 23.7 Å². The molecule has 2 fully saturated rings. The Morgan fingerprint density at radius 3 is 1.84 bits per heavy atom. The lowest BCUT2D eigenvalue weighted by Gasteiger charge is -2.31. The van der Waals surface area contributed by atoms with E-state index in [1.807, 2.05) is 12.3 Å². The van der Waals surface area contributed by atoms with Gasteiger partial charge in [0.25, 0.3) is 0 Å². The largest absolute Gasteiger partial charge is 0.501 e. The molecule has 2 nitrogen and oxygen atoms in total. The maximum Gasteiger partial charge on any atom is 0.0901 e. The summed E-state index contributed by atoms with van der Waals surface area (Å²) in [5.74, 6) is 3.56. The summed E-state index contributed by atoms with van der Waals surface area (Å²) in [6, 6.07) is 0. The van der Waals surface area contributed by atoms with Crippen LogP contribution in [0.3, 0.4) is 0 Å². The fraction of sp³-hybridized carbons (Fsp3) is 0.826. The van der Waals surface area contributed by atoms with Crippen LogP contribution in [0.25, 0.3) is 0 Å². The summed E-state index contributed by atoms with van der Waals surface area (Å²) in [6.07, 6.45) is 21.0. The zero-order valence-electron chi connectivity index (χ0n) is 16.5. The van der Waals surface area contributed by atoms with Crippen LogP contribution in [0.2, 0.25) is 0 Å². The van der Waals surface area contributed by atoms with E-state index in [4.69, 9.17) is 9.47 Å². The molecule has 144 valence electrons. The molecule has 0 spiro atoms. The fourth-order valence-corrected chi connectivity index (χ4v) is 4.52. The van der Waals surface area contributed by atoms with E-state index in [1.165, 1.54) is 64.2 Å². The summed E-state index contributed by atoms with van der Waals surface area (Å²) in [4.78, 5) is 0. The Balaban J connectivity index is 1.50. The van der Waals surface area contributed by atoms with Crippen molar-refractivity contribution in [2.75, 3.05) is 19.8 Å². The topological polar surface area (TPSA) is 18.5 Å². The zero-order chi connectivity index (χ0) is 17.7. The predicted octanol–water partition coefficient (Wildman–Crippen LogP) is 6.52. The van der Waals surface area contributed by atoms with Gasteiger partial charge in [-0.25, -0.2) is 0 Å². The number of rotatable bonds is 11. The van der Waals surface area contributed by atoms with Crippen LogP contribution in [-0.4, -0.2) is 19.8 Å².